The first-order valence-corrected chi connectivity index (χ1v) is 8.30. The highest BCUT2D eigenvalue weighted by Gasteiger charge is 2.68. The van der Waals surface area contributed by atoms with Crippen molar-refractivity contribution in [3.8, 4) is 0 Å². The number of rotatable bonds is 3. The molecule has 4 atom stereocenters. The van der Waals surface area contributed by atoms with Crippen LogP contribution >= 0.6 is 0 Å². The molecule has 4 rings (SSSR count). The van der Waals surface area contributed by atoms with Gasteiger partial charge >= 0.3 is 5.97 Å². The summed E-state index contributed by atoms with van der Waals surface area (Å²) in [6.07, 6.45) is 3.10. The lowest BCUT2D eigenvalue weighted by Gasteiger charge is -2.28. The Balaban J connectivity index is 1.70. The lowest BCUT2D eigenvalue weighted by molar-refractivity contribution is -0.150. The summed E-state index contributed by atoms with van der Waals surface area (Å²) in [7, 11) is 0. The van der Waals surface area contributed by atoms with Gasteiger partial charge in [-0.25, -0.2) is 4.90 Å². The number of fused-ring (bicyclic) bond motifs is 5. The molecule has 130 valence electrons. The van der Waals surface area contributed by atoms with Crippen molar-refractivity contribution in [1.29, 1.82) is 0 Å². The Kier molecular flexibility index (Phi) is 3.37. The van der Waals surface area contributed by atoms with Crippen molar-refractivity contribution in [1.82, 2.24) is 0 Å². The lowest BCUT2D eigenvalue weighted by Crippen LogP contribution is -2.44. The quantitative estimate of drug-likeness (QED) is 0.475. The monoisotopic (exact) mass is 341 g/mol. The molecule has 3 aliphatic rings. The van der Waals surface area contributed by atoms with Crippen LogP contribution in [-0.2, 0) is 23.9 Å². The number of amides is 2. The average molecular weight is 341 g/mol. The minimum atomic E-state index is -1.04. The number of ether oxygens (including phenoxy) is 2. The summed E-state index contributed by atoms with van der Waals surface area (Å²) in [6.45, 7) is 5.17. The highest BCUT2D eigenvalue weighted by Crippen LogP contribution is 2.52. The molecule has 6 nitrogen and oxygen atoms in total. The van der Waals surface area contributed by atoms with Crippen LogP contribution in [-0.4, -0.2) is 36.1 Å². The first kappa shape index (κ1) is 16.0. The molecule has 25 heavy (non-hydrogen) atoms. The van der Waals surface area contributed by atoms with Gasteiger partial charge in [-0.3, -0.25) is 14.4 Å². The van der Waals surface area contributed by atoms with E-state index in [1.54, 1.807) is 18.2 Å². The van der Waals surface area contributed by atoms with Gasteiger partial charge < -0.3 is 9.47 Å². The van der Waals surface area contributed by atoms with Gasteiger partial charge in [-0.2, -0.15) is 0 Å². The molecule has 2 saturated heterocycles. The summed E-state index contributed by atoms with van der Waals surface area (Å²) in [5, 5.41) is 0. The van der Waals surface area contributed by atoms with Gasteiger partial charge in [-0.05, 0) is 43.2 Å². The lowest BCUT2D eigenvalue weighted by atomic mass is 9.77. The van der Waals surface area contributed by atoms with Crippen molar-refractivity contribution in [3.63, 3.8) is 0 Å². The van der Waals surface area contributed by atoms with Gasteiger partial charge in [0.25, 0.3) is 0 Å². The second-order valence-corrected chi connectivity index (χ2v) is 6.96. The number of benzene rings is 1. The molecule has 0 aromatic heterocycles. The third-order valence-corrected chi connectivity index (χ3v) is 5.40. The van der Waals surface area contributed by atoms with Crippen molar-refractivity contribution in [2.24, 2.45) is 11.8 Å². The van der Waals surface area contributed by atoms with Crippen molar-refractivity contribution in [2.75, 3.05) is 11.5 Å². The maximum atomic E-state index is 13.1. The second kappa shape index (κ2) is 5.26. The zero-order valence-corrected chi connectivity index (χ0v) is 14.3. The minimum Gasteiger partial charge on any atom is -0.462 e. The van der Waals surface area contributed by atoms with Gasteiger partial charge in [0.05, 0.1) is 23.6 Å². The predicted octanol–water partition coefficient (Wildman–Crippen LogP) is 1.68. The van der Waals surface area contributed by atoms with Gasteiger partial charge in [0, 0.05) is 6.92 Å². The smallest absolute Gasteiger partial charge is 0.302 e. The number of aryl methyl sites for hydroxylation is 2. The van der Waals surface area contributed by atoms with Crippen LogP contribution in [0.2, 0.25) is 0 Å². The van der Waals surface area contributed by atoms with Crippen molar-refractivity contribution < 1.29 is 23.9 Å². The molecule has 3 heterocycles. The molecule has 3 aliphatic heterocycles. The van der Waals surface area contributed by atoms with Gasteiger partial charge in [0.2, 0.25) is 11.8 Å². The number of carbonyl (C=O) groups is 3. The van der Waals surface area contributed by atoms with Crippen LogP contribution in [0.25, 0.3) is 0 Å². The van der Waals surface area contributed by atoms with Gasteiger partial charge in [0.1, 0.15) is 12.2 Å². The van der Waals surface area contributed by atoms with E-state index >= 15 is 0 Å². The van der Waals surface area contributed by atoms with E-state index in [4.69, 9.17) is 9.47 Å². The summed E-state index contributed by atoms with van der Waals surface area (Å²) in [5.74, 6) is -2.21. The van der Waals surface area contributed by atoms with Crippen molar-refractivity contribution in [3.05, 3.63) is 41.5 Å². The third-order valence-electron chi connectivity index (χ3n) is 5.40. The van der Waals surface area contributed by atoms with Crippen LogP contribution < -0.4 is 4.90 Å². The number of hydrogen-bond donors (Lipinski definition) is 0. The fraction of sp³-hybridized carbons (Fsp3) is 0.421. The Morgan fingerprint density at radius 3 is 2.68 bits per heavy atom. The van der Waals surface area contributed by atoms with Crippen molar-refractivity contribution in [2.45, 2.75) is 32.5 Å². The van der Waals surface area contributed by atoms with Crippen molar-refractivity contribution >= 4 is 23.5 Å². The molecule has 0 unspecified atom stereocenters. The molecule has 0 saturated carbocycles. The highest BCUT2D eigenvalue weighted by molar-refractivity contribution is 6.23. The predicted molar refractivity (Wildman–Crippen MR) is 88.8 cm³/mol. The normalized spacial score (nSPS) is 32.4. The standard InChI is InChI=1S/C19H19NO5/c1-10-4-5-13(8-11(10)2)20-17(22)15-14-6-7-19(25-14,9-24-12(3)21)16(15)18(20)23/h4-8,14-16H,9H2,1-3H3/t14-,15+,16-,19-/m1/s1. The summed E-state index contributed by atoms with van der Waals surface area (Å²) >= 11 is 0. The Morgan fingerprint density at radius 1 is 1.24 bits per heavy atom. The topological polar surface area (TPSA) is 72.9 Å². The largest absolute Gasteiger partial charge is 0.462 e. The van der Waals surface area contributed by atoms with Crippen LogP contribution in [0.3, 0.4) is 0 Å². The molecule has 0 N–H and O–H groups in total. The molecule has 2 fully saturated rings. The van der Waals surface area contributed by atoms with E-state index in [2.05, 4.69) is 0 Å². The van der Waals surface area contributed by atoms with E-state index in [1.165, 1.54) is 11.8 Å². The van der Waals surface area contributed by atoms with E-state index < -0.39 is 29.5 Å². The first-order valence-electron chi connectivity index (χ1n) is 8.30. The zero-order chi connectivity index (χ0) is 17.9. The summed E-state index contributed by atoms with van der Waals surface area (Å²) in [5.41, 5.74) is 1.65. The Labute approximate surface area is 145 Å². The van der Waals surface area contributed by atoms with E-state index in [-0.39, 0.29) is 18.4 Å². The Bertz CT molecular complexity index is 829. The molecule has 2 amide bonds. The van der Waals surface area contributed by atoms with Crippen LogP contribution in [0, 0.1) is 25.7 Å². The van der Waals surface area contributed by atoms with Crippen LogP contribution in [0.1, 0.15) is 18.1 Å². The molecule has 6 heteroatoms. The maximum absolute atomic E-state index is 13.1. The summed E-state index contributed by atoms with van der Waals surface area (Å²) < 4.78 is 11.0. The summed E-state index contributed by atoms with van der Waals surface area (Å²) in [4.78, 5) is 38.5. The SMILES string of the molecule is CC(=O)OC[C@@]12C=C[C@@H](O1)[C@@H]1C(=O)N(c3ccc(C)c(C)c3)C(=O)[C@@H]12. The average Bonchev–Trinajstić information content (AvgIpc) is 3.20. The van der Waals surface area contributed by atoms with Gasteiger partial charge in [-0.15, -0.1) is 0 Å². The maximum Gasteiger partial charge on any atom is 0.302 e. The van der Waals surface area contributed by atoms with Crippen LogP contribution in [0.5, 0.6) is 0 Å². The minimum absolute atomic E-state index is 0.0592. The van der Waals surface area contributed by atoms with Gasteiger partial charge in [-0.1, -0.05) is 12.1 Å². The highest BCUT2D eigenvalue weighted by atomic mass is 16.6. The molecule has 1 aromatic carbocycles. The Morgan fingerprint density at radius 2 is 2.00 bits per heavy atom. The van der Waals surface area contributed by atoms with Gasteiger partial charge in [0.15, 0.2) is 0 Å². The van der Waals surface area contributed by atoms with E-state index in [0.29, 0.717) is 5.69 Å². The number of hydrogen-bond acceptors (Lipinski definition) is 5. The number of carbonyl (C=O) groups excluding carboxylic acids is 3. The molecular weight excluding hydrogens is 322 g/mol. The third kappa shape index (κ3) is 2.17. The second-order valence-electron chi connectivity index (χ2n) is 6.96. The fourth-order valence-corrected chi connectivity index (χ4v) is 4.00. The van der Waals surface area contributed by atoms with E-state index in [1.807, 2.05) is 26.0 Å². The Hall–Kier alpha value is -2.47. The molecule has 2 bridgehead atoms. The van der Waals surface area contributed by atoms with E-state index in [0.717, 1.165) is 11.1 Å². The zero-order valence-electron chi connectivity index (χ0n) is 14.3. The number of esters is 1. The number of imide groups is 1. The fourth-order valence-electron chi connectivity index (χ4n) is 4.00. The number of anilines is 1. The summed E-state index contributed by atoms with van der Waals surface area (Å²) in [6, 6.07) is 5.53. The molecule has 0 radical (unpaired) electrons. The van der Waals surface area contributed by atoms with Crippen LogP contribution in [0.4, 0.5) is 5.69 Å². The molecule has 1 aromatic rings. The number of nitrogens with zero attached hydrogens (tertiary/aromatic N) is 1. The molecular formula is C19H19NO5. The molecule has 0 spiro atoms. The van der Waals surface area contributed by atoms with Crippen LogP contribution in [0.15, 0.2) is 30.4 Å². The van der Waals surface area contributed by atoms with E-state index in [9.17, 15) is 14.4 Å². The first-order chi connectivity index (χ1) is 11.8. The molecule has 0 aliphatic carbocycles.